The van der Waals surface area contributed by atoms with E-state index in [2.05, 4.69) is 17.0 Å². The fourth-order valence-corrected chi connectivity index (χ4v) is 4.36. The van der Waals surface area contributed by atoms with Gasteiger partial charge in [0.2, 0.25) is 10.0 Å². The Kier molecular flexibility index (Phi) is 4.66. The molecule has 0 aliphatic carbocycles. The predicted molar refractivity (Wildman–Crippen MR) is 91.3 cm³/mol. The summed E-state index contributed by atoms with van der Waals surface area (Å²) in [6.07, 6.45) is 0. The monoisotopic (exact) mass is 331 g/mol. The molecular formula is C17H21N3O2S. The summed E-state index contributed by atoms with van der Waals surface area (Å²) in [6.45, 7) is 3.27. The highest BCUT2D eigenvalue weighted by Gasteiger charge is 2.29. The molecule has 0 radical (unpaired) electrons. The lowest BCUT2D eigenvalue weighted by Crippen LogP contribution is -2.48. The SMILES string of the molecule is Nc1ccccc1S(=O)(=O)N1CCN(Cc2ccccc2)CC1. The number of benzene rings is 2. The van der Waals surface area contributed by atoms with E-state index >= 15 is 0 Å². The van der Waals surface area contributed by atoms with Crippen LogP contribution in [0, 0.1) is 0 Å². The molecule has 6 heteroatoms. The van der Waals surface area contributed by atoms with E-state index in [1.165, 1.54) is 9.87 Å². The summed E-state index contributed by atoms with van der Waals surface area (Å²) in [5, 5.41) is 0. The van der Waals surface area contributed by atoms with Gasteiger partial charge in [-0.05, 0) is 17.7 Å². The zero-order chi connectivity index (χ0) is 16.3. The van der Waals surface area contributed by atoms with Gasteiger partial charge in [0, 0.05) is 32.7 Å². The number of nitrogens with two attached hydrogens (primary N) is 1. The van der Waals surface area contributed by atoms with Crippen molar-refractivity contribution in [1.82, 2.24) is 9.21 Å². The number of hydrogen-bond donors (Lipinski definition) is 1. The molecule has 0 amide bonds. The molecule has 5 nitrogen and oxygen atoms in total. The fourth-order valence-electron chi connectivity index (χ4n) is 2.82. The normalized spacial score (nSPS) is 17.2. The molecule has 1 aliphatic rings. The number of piperazine rings is 1. The van der Waals surface area contributed by atoms with Gasteiger partial charge < -0.3 is 5.73 Å². The Morgan fingerprint density at radius 2 is 1.48 bits per heavy atom. The molecule has 0 spiro atoms. The summed E-state index contributed by atoms with van der Waals surface area (Å²) < 4.78 is 26.9. The van der Waals surface area contributed by atoms with E-state index in [1.807, 2.05) is 18.2 Å². The number of para-hydroxylation sites is 1. The smallest absolute Gasteiger partial charge is 0.245 e. The van der Waals surface area contributed by atoms with Gasteiger partial charge in [-0.2, -0.15) is 4.31 Å². The molecule has 0 bridgehead atoms. The minimum atomic E-state index is -3.51. The summed E-state index contributed by atoms with van der Waals surface area (Å²) in [4.78, 5) is 2.48. The van der Waals surface area contributed by atoms with Crippen LogP contribution in [0.2, 0.25) is 0 Å². The first-order valence-corrected chi connectivity index (χ1v) is 9.12. The third-order valence-corrected chi connectivity index (χ3v) is 6.09. The average molecular weight is 331 g/mol. The fraction of sp³-hybridized carbons (Fsp3) is 0.294. The van der Waals surface area contributed by atoms with Crippen molar-refractivity contribution in [2.24, 2.45) is 0 Å². The molecule has 0 saturated carbocycles. The Hall–Kier alpha value is -1.89. The summed E-state index contributed by atoms with van der Waals surface area (Å²) >= 11 is 0. The van der Waals surface area contributed by atoms with Crippen molar-refractivity contribution in [2.75, 3.05) is 31.9 Å². The van der Waals surface area contributed by atoms with Crippen molar-refractivity contribution in [3.63, 3.8) is 0 Å². The van der Waals surface area contributed by atoms with Gasteiger partial charge >= 0.3 is 0 Å². The molecule has 1 heterocycles. The third-order valence-electron chi connectivity index (χ3n) is 4.12. The Labute approximate surface area is 137 Å². The largest absolute Gasteiger partial charge is 0.398 e. The van der Waals surface area contributed by atoms with Crippen LogP contribution in [-0.2, 0) is 16.6 Å². The Morgan fingerprint density at radius 3 is 2.13 bits per heavy atom. The molecule has 2 aromatic carbocycles. The second-order valence-electron chi connectivity index (χ2n) is 5.70. The third kappa shape index (κ3) is 3.55. The number of nitrogens with zero attached hydrogens (tertiary/aromatic N) is 2. The molecule has 0 atom stereocenters. The minimum Gasteiger partial charge on any atom is -0.398 e. The molecular weight excluding hydrogens is 310 g/mol. The van der Waals surface area contributed by atoms with E-state index in [0.717, 1.165) is 19.6 Å². The summed E-state index contributed by atoms with van der Waals surface area (Å²) in [5.41, 5.74) is 7.38. The lowest BCUT2D eigenvalue weighted by atomic mass is 10.2. The standard InChI is InChI=1S/C17H21N3O2S/c18-16-8-4-5-9-17(16)23(21,22)20-12-10-19(11-13-20)14-15-6-2-1-3-7-15/h1-9H,10-14,18H2. The van der Waals surface area contributed by atoms with Crippen molar-refractivity contribution in [3.05, 3.63) is 60.2 Å². The van der Waals surface area contributed by atoms with E-state index in [9.17, 15) is 8.42 Å². The topological polar surface area (TPSA) is 66.6 Å². The number of sulfonamides is 1. The second-order valence-corrected chi connectivity index (χ2v) is 7.61. The second kappa shape index (κ2) is 6.70. The van der Waals surface area contributed by atoms with E-state index in [4.69, 9.17) is 5.73 Å². The molecule has 1 aliphatic heterocycles. The number of nitrogen functional groups attached to an aromatic ring is 1. The molecule has 122 valence electrons. The maximum Gasteiger partial charge on any atom is 0.245 e. The number of rotatable bonds is 4. The molecule has 1 saturated heterocycles. The van der Waals surface area contributed by atoms with Crippen molar-refractivity contribution in [3.8, 4) is 0 Å². The maximum absolute atomic E-state index is 12.7. The van der Waals surface area contributed by atoms with Crippen LogP contribution >= 0.6 is 0 Å². The first kappa shape index (κ1) is 16.0. The lowest BCUT2D eigenvalue weighted by molar-refractivity contribution is 0.181. The van der Waals surface area contributed by atoms with Gasteiger partial charge in [-0.3, -0.25) is 4.90 Å². The molecule has 2 aromatic rings. The highest BCUT2D eigenvalue weighted by atomic mass is 32.2. The predicted octanol–water partition coefficient (Wildman–Crippen LogP) is 1.78. The maximum atomic E-state index is 12.7. The van der Waals surface area contributed by atoms with Gasteiger partial charge in [-0.25, -0.2) is 8.42 Å². The molecule has 0 unspecified atom stereocenters. The zero-order valence-electron chi connectivity index (χ0n) is 12.9. The van der Waals surface area contributed by atoms with Gasteiger partial charge in [-0.15, -0.1) is 0 Å². The number of hydrogen-bond acceptors (Lipinski definition) is 4. The van der Waals surface area contributed by atoms with Crippen LogP contribution in [0.4, 0.5) is 5.69 Å². The van der Waals surface area contributed by atoms with Crippen molar-refractivity contribution >= 4 is 15.7 Å². The van der Waals surface area contributed by atoms with Crippen molar-refractivity contribution in [1.29, 1.82) is 0 Å². The van der Waals surface area contributed by atoms with Gasteiger partial charge in [0.15, 0.2) is 0 Å². The summed E-state index contributed by atoms with van der Waals surface area (Å²) in [7, 11) is -3.51. The summed E-state index contributed by atoms with van der Waals surface area (Å²) in [6, 6.07) is 16.9. The first-order chi connectivity index (χ1) is 11.1. The first-order valence-electron chi connectivity index (χ1n) is 7.68. The summed E-state index contributed by atoms with van der Waals surface area (Å²) in [5.74, 6) is 0. The number of anilines is 1. The van der Waals surface area contributed by atoms with E-state index < -0.39 is 10.0 Å². The quantitative estimate of drug-likeness (QED) is 0.867. The highest BCUT2D eigenvalue weighted by Crippen LogP contribution is 2.23. The molecule has 0 aromatic heterocycles. The molecule has 1 fully saturated rings. The highest BCUT2D eigenvalue weighted by molar-refractivity contribution is 7.89. The van der Waals surface area contributed by atoms with Crippen LogP contribution in [0.25, 0.3) is 0 Å². The van der Waals surface area contributed by atoms with E-state index in [0.29, 0.717) is 18.8 Å². The average Bonchev–Trinajstić information content (AvgIpc) is 2.56. The molecule has 3 rings (SSSR count). The zero-order valence-corrected chi connectivity index (χ0v) is 13.7. The Morgan fingerprint density at radius 1 is 0.870 bits per heavy atom. The van der Waals surface area contributed by atoms with Gasteiger partial charge in [0.05, 0.1) is 5.69 Å². The van der Waals surface area contributed by atoms with Crippen LogP contribution < -0.4 is 5.73 Å². The van der Waals surface area contributed by atoms with Gasteiger partial charge in [0.1, 0.15) is 4.90 Å². The van der Waals surface area contributed by atoms with Gasteiger partial charge in [0.25, 0.3) is 0 Å². The van der Waals surface area contributed by atoms with Crippen LogP contribution in [0.3, 0.4) is 0 Å². The van der Waals surface area contributed by atoms with Crippen LogP contribution in [0.15, 0.2) is 59.5 Å². The van der Waals surface area contributed by atoms with Crippen LogP contribution in [-0.4, -0.2) is 43.8 Å². The lowest BCUT2D eigenvalue weighted by Gasteiger charge is -2.34. The minimum absolute atomic E-state index is 0.205. The molecule has 2 N–H and O–H groups in total. The van der Waals surface area contributed by atoms with Crippen molar-refractivity contribution < 1.29 is 8.42 Å². The molecule has 23 heavy (non-hydrogen) atoms. The van der Waals surface area contributed by atoms with Gasteiger partial charge in [-0.1, -0.05) is 42.5 Å². The Bertz CT molecular complexity index is 754. The van der Waals surface area contributed by atoms with E-state index in [-0.39, 0.29) is 4.90 Å². The van der Waals surface area contributed by atoms with Crippen molar-refractivity contribution in [2.45, 2.75) is 11.4 Å². The van der Waals surface area contributed by atoms with E-state index in [1.54, 1.807) is 24.3 Å². The Balaban J connectivity index is 1.66. The van der Waals surface area contributed by atoms with Crippen LogP contribution in [0.5, 0.6) is 0 Å². The van der Waals surface area contributed by atoms with Crippen LogP contribution in [0.1, 0.15) is 5.56 Å².